The van der Waals surface area contributed by atoms with Gasteiger partial charge >= 0.3 is 0 Å². The number of hydrogen-bond acceptors (Lipinski definition) is 8. The molecular formula is C18H15N7O2. The first-order valence-corrected chi connectivity index (χ1v) is 8.05. The summed E-state index contributed by atoms with van der Waals surface area (Å²) in [5.74, 6) is 1.48. The van der Waals surface area contributed by atoms with Gasteiger partial charge in [0.25, 0.3) is 5.89 Å². The molecule has 27 heavy (non-hydrogen) atoms. The summed E-state index contributed by atoms with van der Waals surface area (Å²) < 4.78 is 5.40. The van der Waals surface area contributed by atoms with Crippen LogP contribution in [0.5, 0.6) is 0 Å². The van der Waals surface area contributed by atoms with E-state index in [9.17, 15) is 0 Å². The molecule has 0 atom stereocenters. The third kappa shape index (κ3) is 2.91. The molecule has 0 spiro atoms. The van der Waals surface area contributed by atoms with E-state index in [1.165, 1.54) is 0 Å². The van der Waals surface area contributed by atoms with E-state index in [1.807, 2.05) is 12.1 Å². The summed E-state index contributed by atoms with van der Waals surface area (Å²) in [6.45, 7) is 0. The van der Waals surface area contributed by atoms with E-state index >= 15 is 0 Å². The Morgan fingerprint density at radius 3 is 2.74 bits per heavy atom. The highest BCUT2D eigenvalue weighted by Crippen LogP contribution is 2.30. The molecular weight excluding hydrogens is 346 g/mol. The predicted molar refractivity (Wildman–Crippen MR) is 100 cm³/mol. The Balaban J connectivity index is 1.74. The lowest BCUT2D eigenvalue weighted by Crippen LogP contribution is -2.12. The second-order valence-corrected chi connectivity index (χ2v) is 5.66. The van der Waals surface area contributed by atoms with Crippen LogP contribution in [-0.4, -0.2) is 38.2 Å². The Hall–Kier alpha value is -4.01. The molecule has 0 aliphatic rings. The van der Waals surface area contributed by atoms with E-state index in [0.29, 0.717) is 28.7 Å². The number of nitrogens with two attached hydrogens (primary N) is 1. The van der Waals surface area contributed by atoms with Crippen molar-refractivity contribution in [3.63, 3.8) is 0 Å². The number of aromatic nitrogens is 4. The number of rotatable bonds is 4. The molecule has 4 aromatic rings. The average Bonchev–Trinajstić information content (AvgIpc) is 3.22. The van der Waals surface area contributed by atoms with Crippen LogP contribution < -0.4 is 11.1 Å². The SMILES string of the molecule is CNc1ncc(-c2noc(-c3ccc(/C(N)=N/O)cc3)n2)c2cccnc12. The molecule has 0 fully saturated rings. The first-order chi connectivity index (χ1) is 13.2. The van der Waals surface area contributed by atoms with Crippen molar-refractivity contribution in [1.29, 1.82) is 0 Å². The summed E-state index contributed by atoms with van der Waals surface area (Å²) in [4.78, 5) is 13.2. The zero-order valence-corrected chi connectivity index (χ0v) is 14.3. The lowest BCUT2D eigenvalue weighted by atomic mass is 10.1. The first-order valence-electron chi connectivity index (χ1n) is 8.05. The largest absolute Gasteiger partial charge is 0.409 e. The maximum Gasteiger partial charge on any atom is 0.258 e. The van der Waals surface area contributed by atoms with Gasteiger partial charge in [-0.1, -0.05) is 28.5 Å². The van der Waals surface area contributed by atoms with E-state index in [0.717, 1.165) is 16.5 Å². The van der Waals surface area contributed by atoms with Crippen LogP contribution in [0.1, 0.15) is 5.56 Å². The van der Waals surface area contributed by atoms with Crippen LogP contribution in [0.3, 0.4) is 0 Å². The molecule has 1 aromatic carbocycles. The number of pyridine rings is 2. The molecule has 0 saturated carbocycles. The molecule has 9 nitrogen and oxygen atoms in total. The average molecular weight is 361 g/mol. The minimum atomic E-state index is 0.0300. The van der Waals surface area contributed by atoms with E-state index in [-0.39, 0.29) is 5.84 Å². The molecule has 3 heterocycles. The second-order valence-electron chi connectivity index (χ2n) is 5.66. The standard InChI is InChI=1S/C18H15N7O2/c1-20-17-14-12(3-2-8-21-14)13(9-22-17)16-23-18(27-25-16)11-6-4-10(5-7-11)15(19)24-26/h2-9,26H,1H3,(H2,19,24)(H,20,22). The molecule has 0 bridgehead atoms. The Bertz CT molecular complexity index is 1140. The van der Waals surface area contributed by atoms with E-state index in [2.05, 4.69) is 30.6 Å². The molecule has 3 aromatic heterocycles. The molecule has 0 aliphatic heterocycles. The van der Waals surface area contributed by atoms with Gasteiger partial charge in [-0.05, 0) is 18.2 Å². The third-order valence-corrected chi connectivity index (χ3v) is 4.08. The fourth-order valence-corrected chi connectivity index (χ4v) is 2.72. The van der Waals surface area contributed by atoms with Gasteiger partial charge in [-0.15, -0.1) is 0 Å². The summed E-state index contributed by atoms with van der Waals surface area (Å²) in [6.07, 6.45) is 3.39. The zero-order valence-electron chi connectivity index (χ0n) is 14.3. The zero-order chi connectivity index (χ0) is 18.8. The van der Waals surface area contributed by atoms with Crippen LogP contribution in [0.15, 0.2) is 58.5 Å². The molecule has 9 heteroatoms. The van der Waals surface area contributed by atoms with E-state index in [4.69, 9.17) is 15.5 Å². The molecule has 0 unspecified atom stereocenters. The van der Waals surface area contributed by atoms with Crippen LogP contribution in [0.2, 0.25) is 0 Å². The molecule has 4 rings (SSSR count). The molecule has 0 radical (unpaired) electrons. The third-order valence-electron chi connectivity index (χ3n) is 4.08. The van der Waals surface area contributed by atoms with Gasteiger partial charge in [0, 0.05) is 36.0 Å². The number of benzene rings is 1. The topological polar surface area (TPSA) is 135 Å². The molecule has 0 aliphatic carbocycles. The number of hydrogen-bond donors (Lipinski definition) is 3. The van der Waals surface area contributed by atoms with E-state index in [1.54, 1.807) is 43.7 Å². The Morgan fingerprint density at radius 1 is 1.19 bits per heavy atom. The minimum Gasteiger partial charge on any atom is -0.409 e. The van der Waals surface area contributed by atoms with Crippen molar-refractivity contribution in [2.24, 2.45) is 10.9 Å². The van der Waals surface area contributed by atoms with Crippen LogP contribution in [0, 0.1) is 0 Å². The number of nitrogens with one attached hydrogen (secondary N) is 1. The summed E-state index contributed by atoms with van der Waals surface area (Å²) in [5.41, 5.74) is 8.32. The van der Waals surface area contributed by atoms with Gasteiger partial charge in [0.2, 0.25) is 5.82 Å². The molecule has 134 valence electrons. The van der Waals surface area contributed by atoms with Crippen molar-refractivity contribution >= 4 is 22.6 Å². The fraction of sp³-hybridized carbons (Fsp3) is 0.0556. The van der Waals surface area contributed by atoms with Crippen molar-refractivity contribution in [2.75, 3.05) is 12.4 Å². The maximum absolute atomic E-state index is 8.73. The quantitative estimate of drug-likeness (QED) is 0.218. The van der Waals surface area contributed by atoms with Crippen molar-refractivity contribution in [3.05, 3.63) is 54.4 Å². The number of fused-ring (bicyclic) bond motifs is 1. The van der Waals surface area contributed by atoms with Gasteiger partial charge in [0.05, 0.1) is 5.56 Å². The van der Waals surface area contributed by atoms with Gasteiger partial charge in [-0.3, -0.25) is 4.98 Å². The molecule has 0 amide bonds. The molecule has 0 saturated heterocycles. The van der Waals surface area contributed by atoms with Crippen LogP contribution >= 0.6 is 0 Å². The highest BCUT2D eigenvalue weighted by atomic mass is 16.5. The predicted octanol–water partition coefficient (Wildman–Crippen LogP) is 2.48. The van der Waals surface area contributed by atoms with Crippen LogP contribution in [0.4, 0.5) is 5.82 Å². The monoisotopic (exact) mass is 361 g/mol. The Kier molecular flexibility index (Phi) is 4.09. The summed E-state index contributed by atoms with van der Waals surface area (Å²) in [7, 11) is 1.79. The summed E-state index contributed by atoms with van der Waals surface area (Å²) in [5, 5.41) is 19.7. The lowest BCUT2D eigenvalue weighted by Gasteiger charge is -2.06. The van der Waals surface area contributed by atoms with Crippen molar-refractivity contribution in [1.82, 2.24) is 20.1 Å². The van der Waals surface area contributed by atoms with Crippen molar-refractivity contribution in [3.8, 4) is 22.8 Å². The van der Waals surface area contributed by atoms with Crippen LogP contribution in [0.25, 0.3) is 33.7 Å². The van der Waals surface area contributed by atoms with Gasteiger partial charge < -0.3 is 20.8 Å². The lowest BCUT2D eigenvalue weighted by molar-refractivity contribution is 0.318. The van der Waals surface area contributed by atoms with Crippen LogP contribution in [-0.2, 0) is 0 Å². The maximum atomic E-state index is 8.73. The number of nitrogens with zero attached hydrogens (tertiary/aromatic N) is 5. The fourth-order valence-electron chi connectivity index (χ4n) is 2.72. The van der Waals surface area contributed by atoms with Gasteiger partial charge in [-0.2, -0.15) is 4.98 Å². The minimum absolute atomic E-state index is 0.0300. The van der Waals surface area contributed by atoms with Gasteiger partial charge in [0.15, 0.2) is 11.7 Å². The first kappa shape index (κ1) is 16.5. The van der Waals surface area contributed by atoms with Crippen molar-refractivity contribution < 1.29 is 9.73 Å². The number of amidine groups is 1. The van der Waals surface area contributed by atoms with Crippen molar-refractivity contribution in [2.45, 2.75) is 0 Å². The van der Waals surface area contributed by atoms with Gasteiger partial charge in [-0.25, -0.2) is 4.98 Å². The Labute approximate surface area is 153 Å². The highest BCUT2D eigenvalue weighted by molar-refractivity contribution is 5.98. The summed E-state index contributed by atoms with van der Waals surface area (Å²) >= 11 is 0. The normalized spacial score (nSPS) is 11.7. The Morgan fingerprint density at radius 2 is 2.00 bits per heavy atom. The number of oxime groups is 1. The summed E-state index contributed by atoms with van der Waals surface area (Å²) in [6, 6.07) is 10.7. The van der Waals surface area contributed by atoms with Gasteiger partial charge in [0.1, 0.15) is 5.52 Å². The second kappa shape index (κ2) is 6.71. The smallest absolute Gasteiger partial charge is 0.258 e. The number of anilines is 1. The molecule has 4 N–H and O–H groups in total. The highest BCUT2D eigenvalue weighted by Gasteiger charge is 2.16. The van der Waals surface area contributed by atoms with E-state index < -0.39 is 0 Å².